The van der Waals surface area contributed by atoms with Crippen molar-refractivity contribution in [3.05, 3.63) is 72.3 Å². The van der Waals surface area contributed by atoms with Crippen LogP contribution in [0.25, 0.3) is 0 Å². The van der Waals surface area contributed by atoms with Gasteiger partial charge in [-0.2, -0.15) is 0 Å². The molecule has 0 aliphatic carbocycles. The van der Waals surface area contributed by atoms with Gasteiger partial charge in [-0.1, -0.05) is 24.3 Å². The van der Waals surface area contributed by atoms with Crippen LogP contribution in [0.15, 0.2) is 66.1 Å². The number of nitrogens with one attached hydrogen (secondary N) is 1. The van der Waals surface area contributed by atoms with Crippen LogP contribution in [0, 0.1) is 0 Å². The van der Waals surface area contributed by atoms with Crippen LogP contribution >= 0.6 is 0 Å². The summed E-state index contributed by atoms with van der Waals surface area (Å²) in [7, 11) is -2.08. The van der Waals surface area contributed by atoms with E-state index in [1.165, 1.54) is 18.2 Å². The lowest BCUT2D eigenvalue weighted by molar-refractivity contribution is 0.0752. The average Bonchev–Trinajstić information content (AvgIpc) is 2.70. The number of methoxy groups -OCH3 is 1. The zero-order valence-corrected chi connectivity index (χ0v) is 16.3. The molecule has 0 aromatic heterocycles. The van der Waals surface area contributed by atoms with E-state index in [1.54, 1.807) is 24.1 Å². The summed E-state index contributed by atoms with van der Waals surface area (Å²) in [5.41, 5.74) is 1.29. The molecule has 0 saturated carbocycles. The fourth-order valence-corrected chi connectivity index (χ4v) is 3.55. The third kappa shape index (κ3) is 5.42. The first-order chi connectivity index (χ1) is 12.9. The Morgan fingerprint density at radius 1 is 1.22 bits per heavy atom. The fourth-order valence-electron chi connectivity index (χ4n) is 2.51. The molecule has 1 N–H and O–H groups in total. The predicted molar refractivity (Wildman–Crippen MR) is 105 cm³/mol. The number of amides is 1. The van der Waals surface area contributed by atoms with Gasteiger partial charge in [-0.25, -0.2) is 13.1 Å². The Morgan fingerprint density at radius 2 is 1.93 bits per heavy atom. The zero-order valence-electron chi connectivity index (χ0n) is 15.5. The van der Waals surface area contributed by atoms with Gasteiger partial charge >= 0.3 is 0 Å². The van der Waals surface area contributed by atoms with Crippen molar-refractivity contribution < 1.29 is 17.9 Å². The Labute approximate surface area is 160 Å². The highest BCUT2D eigenvalue weighted by atomic mass is 32.2. The second-order valence-electron chi connectivity index (χ2n) is 5.84. The van der Waals surface area contributed by atoms with Gasteiger partial charge in [0, 0.05) is 25.2 Å². The molecule has 0 radical (unpaired) electrons. The summed E-state index contributed by atoms with van der Waals surface area (Å²) in [6.45, 7) is 6.42. The number of benzene rings is 2. The topological polar surface area (TPSA) is 75.7 Å². The molecule has 144 valence electrons. The van der Waals surface area contributed by atoms with Crippen molar-refractivity contribution in [2.24, 2.45) is 0 Å². The Balaban J connectivity index is 2.21. The molecule has 0 atom stereocenters. The van der Waals surface area contributed by atoms with Crippen LogP contribution in [0.2, 0.25) is 0 Å². The minimum Gasteiger partial charge on any atom is -0.497 e. The van der Waals surface area contributed by atoms with E-state index in [0.717, 1.165) is 11.3 Å². The molecule has 0 saturated heterocycles. The van der Waals surface area contributed by atoms with Gasteiger partial charge in [-0.05, 0) is 42.8 Å². The van der Waals surface area contributed by atoms with Crippen LogP contribution in [0.4, 0.5) is 0 Å². The highest BCUT2D eigenvalue weighted by molar-refractivity contribution is 7.89. The van der Waals surface area contributed by atoms with E-state index in [2.05, 4.69) is 11.3 Å². The minimum absolute atomic E-state index is 0.0516. The lowest BCUT2D eigenvalue weighted by Crippen LogP contribution is -2.30. The molecule has 6 nitrogen and oxygen atoms in total. The van der Waals surface area contributed by atoms with Gasteiger partial charge in [-0.15, -0.1) is 6.58 Å². The van der Waals surface area contributed by atoms with Crippen LogP contribution in [0.3, 0.4) is 0 Å². The van der Waals surface area contributed by atoms with E-state index in [1.807, 2.05) is 31.2 Å². The third-order valence-corrected chi connectivity index (χ3v) is 5.43. The number of rotatable bonds is 9. The summed E-state index contributed by atoms with van der Waals surface area (Å²) in [6, 6.07) is 13.5. The molecule has 27 heavy (non-hydrogen) atoms. The van der Waals surface area contributed by atoms with Crippen molar-refractivity contribution in [2.45, 2.75) is 18.4 Å². The largest absolute Gasteiger partial charge is 0.497 e. The number of ether oxygens (including phenoxy) is 1. The highest BCUT2D eigenvalue weighted by Gasteiger charge is 2.19. The predicted octanol–water partition coefficient (Wildman–Crippen LogP) is 2.82. The molecule has 0 fully saturated rings. The molecule has 7 heteroatoms. The maximum Gasteiger partial charge on any atom is 0.254 e. The maximum absolute atomic E-state index is 12.9. The molecule has 0 bridgehead atoms. The molecule has 0 heterocycles. The van der Waals surface area contributed by atoms with Crippen LogP contribution in [-0.4, -0.2) is 39.4 Å². The SMILES string of the molecule is C=CCNS(=O)(=O)c1cccc(C(=O)N(CC)Cc2ccc(OC)cc2)c1. The number of hydrogen-bond donors (Lipinski definition) is 1. The quantitative estimate of drug-likeness (QED) is 0.670. The van der Waals surface area contributed by atoms with Gasteiger partial charge in [0.25, 0.3) is 5.91 Å². The van der Waals surface area contributed by atoms with Crippen molar-refractivity contribution in [1.82, 2.24) is 9.62 Å². The van der Waals surface area contributed by atoms with Gasteiger partial charge in [0.15, 0.2) is 0 Å². The van der Waals surface area contributed by atoms with E-state index in [0.29, 0.717) is 18.7 Å². The Morgan fingerprint density at radius 3 is 2.52 bits per heavy atom. The molecule has 2 rings (SSSR count). The van der Waals surface area contributed by atoms with Crippen molar-refractivity contribution in [3.8, 4) is 5.75 Å². The number of carbonyl (C=O) groups excluding carboxylic acids is 1. The third-order valence-electron chi connectivity index (χ3n) is 4.01. The number of carbonyl (C=O) groups is 1. The molecule has 0 spiro atoms. The minimum atomic E-state index is -3.68. The molecule has 0 aliphatic rings. The van der Waals surface area contributed by atoms with Crippen molar-refractivity contribution >= 4 is 15.9 Å². The molecule has 0 unspecified atom stereocenters. The summed E-state index contributed by atoms with van der Waals surface area (Å²) >= 11 is 0. The summed E-state index contributed by atoms with van der Waals surface area (Å²) < 4.78 is 32.1. The molecule has 2 aromatic carbocycles. The maximum atomic E-state index is 12.9. The summed E-state index contributed by atoms with van der Waals surface area (Å²) in [6.07, 6.45) is 1.46. The van der Waals surface area contributed by atoms with E-state index in [9.17, 15) is 13.2 Å². The Bertz CT molecular complexity index is 892. The first-order valence-corrected chi connectivity index (χ1v) is 10.0. The van der Waals surface area contributed by atoms with Crippen molar-refractivity contribution in [1.29, 1.82) is 0 Å². The van der Waals surface area contributed by atoms with E-state index < -0.39 is 10.0 Å². The monoisotopic (exact) mass is 388 g/mol. The van der Waals surface area contributed by atoms with E-state index in [4.69, 9.17) is 4.74 Å². The van der Waals surface area contributed by atoms with E-state index in [-0.39, 0.29) is 17.3 Å². The summed E-state index contributed by atoms with van der Waals surface area (Å²) in [5, 5.41) is 0. The van der Waals surface area contributed by atoms with Crippen LogP contribution in [-0.2, 0) is 16.6 Å². The zero-order chi connectivity index (χ0) is 19.9. The van der Waals surface area contributed by atoms with Crippen LogP contribution in [0.1, 0.15) is 22.8 Å². The Hall–Kier alpha value is -2.64. The molecule has 2 aromatic rings. The molecular weight excluding hydrogens is 364 g/mol. The van der Waals surface area contributed by atoms with Gasteiger partial charge in [0.1, 0.15) is 5.75 Å². The summed E-state index contributed by atoms with van der Waals surface area (Å²) in [5.74, 6) is 0.521. The smallest absolute Gasteiger partial charge is 0.254 e. The second-order valence-corrected chi connectivity index (χ2v) is 7.60. The highest BCUT2D eigenvalue weighted by Crippen LogP contribution is 2.17. The average molecular weight is 388 g/mol. The van der Waals surface area contributed by atoms with Crippen molar-refractivity contribution in [3.63, 3.8) is 0 Å². The van der Waals surface area contributed by atoms with Gasteiger partial charge in [0.05, 0.1) is 12.0 Å². The molecule has 1 amide bonds. The normalized spacial score (nSPS) is 11.0. The summed E-state index contributed by atoms with van der Waals surface area (Å²) in [4.78, 5) is 14.6. The van der Waals surface area contributed by atoms with Gasteiger partial charge < -0.3 is 9.64 Å². The standard InChI is InChI=1S/C20H24N2O4S/c1-4-13-21-27(24,25)19-8-6-7-17(14-19)20(23)22(5-2)15-16-9-11-18(26-3)12-10-16/h4,6-12,14,21H,1,5,13,15H2,2-3H3. The Kier molecular flexibility index (Phi) is 7.15. The number of sulfonamides is 1. The first kappa shape index (κ1) is 20.7. The van der Waals surface area contributed by atoms with Gasteiger partial charge in [0.2, 0.25) is 10.0 Å². The number of nitrogens with zero attached hydrogens (tertiary/aromatic N) is 1. The lowest BCUT2D eigenvalue weighted by Gasteiger charge is -2.21. The van der Waals surface area contributed by atoms with E-state index >= 15 is 0 Å². The number of hydrogen-bond acceptors (Lipinski definition) is 4. The molecular formula is C20H24N2O4S. The fraction of sp³-hybridized carbons (Fsp3) is 0.250. The van der Waals surface area contributed by atoms with Gasteiger partial charge in [-0.3, -0.25) is 4.79 Å². The van der Waals surface area contributed by atoms with Crippen molar-refractivity contribution in [2.75, 3.05) is 20.2 Å². The van der Waals surface area contributed by atoms with Crippen LogP contribution < -0.4 is 9.46 Å². The lowest BCUT2D eigenvalue weighted by atomic mass is 10.1. The molecule has 0 aliphatic heterocycles. The second kappa shape index (κ2) is 9.34. The first-order valence-electron chi connectivity index (χ1n) is 8.54. The van der Waals surface area contributed by atoms with Crippen LogP contribution in [0.5, 0.6) is 5.75 Å².